The van der Waals surface area contributed by atoms with E-state index in [1.165, 1.54) is 0 Å². The average Bonchev–Trinajstić information content (AvgIpc) is 2.22. The van der Waals surface area contributed by atoms with Crippen LogP contribution in [0.1, 0.15) is 6.42 Å². The van der Waals surface area contributed by atoms with Crippen molar-refractivity contribution >= 4 is 0 Å². The van der Waals surface area contributed by atoms with Crippen molar-refractivity contribution in [3.8, 4) is 0 Å². The molecule has 0 aliphatic heterocycles. The fraction of sp³-hybridized carbons (Fsp3) is 1.00. The molecule has 1 rings (SSSR count). The number of rotatable bonds is 1. The van der Waals surface area contributed by atoms with E-state index >= 15 is 0 Å². The Morgan fingerprint density at radius 1 is 1.86 bits per heavy atom. The third-order valence-corrected chi connectivity index (χ3v) is 1.00. The van der Waals surface area contributed by atoms with E-state index in [1.54, 1.807) is 0 Å². The first-order valence-electron chi connectivity index (χ1n) is 2.14. The minimum Gasteiger partial charge on any atom is -0.327 e. The summed E-state index contributed by atoms with van der Waals surface area (Å²) >= 11 is 0. The highest BCUT2D eigenvalue weighted by atomic mass is 15.2. The van der Waals surface area contributed by atoms with Gasteiger partial charge in [0.1, 0.15) is 0 Å². The van der Waals surface area contributed by atoms with Crippen LogP contribution >= 0.6 is 0 Å². The molecule has 38 valence electrons. The second kappa shape index (κ2) is 1.40. The fourth-order valence-corrected chi connectivity index (χ4v) is 0.399. The smallest absolute Gasteiger partial charge is 0.0540 e. The van der Waals surface area contributed by atoms with Crippen molar-refractivity contribution in [1.82, 2.24) is 0 Å². The highest BCUT2D eigenvalue weighted by Crippen LogP contribution is 2.21. The Morgan fingerprint density at radius 2 is 2.43 bits per heavy atom. The summed E-state index contributed by atoms with van der Waals surface area (Å²) in [6.45, 7) is 0. The first-order chi connectivity index (χ1) is 3.34. The minimum atomic E-state index is 0.102. The Morgan fingerprint density at radius 3 is 2.57 bits per heavy atom. The van der Waals surface area contributed by atoms with Gasteiger partial charge in [0, 0.05) is 11.0 Å². The number of hydrogen-bond acceptors (Lipinski definition) is 2. The normalized spacial score (nSPS) is 36.7. The lowest BCUT2D eigenvalue weighted by atomic mass is 10.7. The van der Waals surface area contributed by atoms with Crippen LogP contribution in [-0.2, 0) is 0 Å². The van der Waals surface area contributed by atoms with Crippen LogP contribution in [0, 0.1) is 0 Å². The van der Waals surface area contributed by atoms with Crippen molar-refractivity contribution in [2.45, 2.75) is 18.5 Å². The Balaban J connectivity index is 2.34. The topological polar surface area (TPSA) is 74.8 Å². The molecule has 0 spiro atoms. The lowest BCUT2D eigenvalue weighted by Gasteiger charge is -1.72. The van der Waals surface area contributed by atoms with Crippen molar-refractivity contribution < 1.29 is 0 Å². The van der Waals surface area contributed by atoms with E-state index < -0.39 is 0 Å². The summed E-state index contributed by atoms with van der Waals surface area (Å²) < 4.78 is 0. The number of nitrogens with two attached hydrogens (primary N) is 1. The molecule has 0 heterocycles. The SMILES string of the molecule is [N-]=[N+]=NC1C[C@H]1N. The van der Waals surface area contributed by atoms with Gasteiger partial charge in [0.25, 0.3) is 0 Å². The van der Waals surface area contributed by atoms with Gasteiger partial charge in [-0.25, -0.2) is 0 Å². The minimum absolute atomic E-state index is 0.102. The third kappa shape index (κ3) is 0.824. The molecule has 2 atom stereocenters. The third-order valence-electron chi connectivity index (χ3n) is 1.00. The maximum Gasteiger partial charge on any atom is 0.0540 e. The van der Waals surface area contributed by atoms with Crippen LogP contribution in [0.3, 0.4) is 0 Å². The van der Waals surface area contributed by atoms with Gasteiger partial charge in [-0.05, 0) is 12.0 Å². The zero-order valence-corrected chi connectivity index (χ0v) is 3.78. The lowest BCUT2D eigenvalue weighted by molar-refractivity contribution is 0.951. The number of nitrogens with zero attached hydrogens (tertiary/aromatic N) is 3. The standard InChI is InChI=1S/C3H6N4/c4-2-1-3(2)6-7-5/h2-3H,1,4H2/t2-,3?/m1/s1. The molecule has 0 aromatic heterocycles. The average molecular weight is 98.1 g/mol. The quantitative estimate of drug-likeness (QED) is 0.287. The molecular formula is C3H6N4. The van der Waals surface area contributed by atoms with Crippen molar-refractivity contribution in [2.75, 3.05) is 0 Å². The molecule has 0 amide bonds. The van der Waals surface area contributed by atoms with E-state index in [9.17, 15) is 0 Å². The Labute approximate surface area is 40.9 Å². The summed E-state index contributed by atoms with van der Waals surface area (Å²) in [7, 11) is 0. The van der Waals surface area contributed by atoms with E-state index in [0.717, 1.165) is 6.42 Å². The summed E-state index contributed by atoms with van der Waals surface area (Å²) in [6, 6.07) is 0.251. The van der Waals surface area contributed by atoms with E-state index in [4.69, 9.17) is 11.3 Å². The van der Waals surface area contributed by atoms with Gasteiger partial charge in [-0.2, -0.15) is 0 Å². The van der Waals surface area contributed by atoms with E-state index in [-0.39, 0.29) is 12.1 Å². The van der Waals surface area contributed by atoms with Gasteiger partial charge in [-0.15, -0.1) is 0 Å². The van der Waals surface area contributed by atoms with Gasteiger partial charge < -0.3 is 5.73 Å². The molecule has 1 aliphatic carbocycles. The predicted octanol–water partition coefficient (Wildman–Crippen LogP) is 0.396. The molecule has 4 heteroatoms. The fourth-order valence-electron chi connectivity index (χ4n) is 0.399. The molecule has 4 nitrogen and oxygen atoms in total. The highest BCUT2D eigenvalue weighted by molar-refractivity contribution is 4.96. The van der Waals surface area contributed by atoms with Gasteiger partial charge in [0.2, 0.25) is 0 Å². The van der Waals surface area contributed by atoms with Crippen LogP contribution in [0.15, 0.2) is 5.11 Å². The van der Waals surface area contributed by atoms with Crippen LogP contribution < -0.4 is 5.73 Å². The Hall–Kier alpha value is -0.730. The Bertz CT molecular complexity index is 114. The molecule has 0 bridgehead atoms. The van der Waals surface area contributed by atoms with Crippen molar-refractivity contribution in [1.29, 1.82) is 0 Å². The molecule has 0 saturated heterocycles. The van der Waals surface area contributed by atoms with Crippen LogP contribution in [0.4, 0.5) is 0 Å². The molecular weight excluding hydrogens is 92.1 g/mol. The predicted molar refractivity (Wildman–Crippen MR) is 25.5 cm³/mol. The molecule has 0 aromatic carbocycles. The van der Waals surface area contributed by atoms with Crippen LogP contribution in [0.5, 0.6) is 0 Å². The monoisotopic (exact) mass is 98.1 g/mol. The molecule has 0 aromatic rings. The lowest BCUT2D eigenvalue weighted by Crippen LogP contribution is -2.02. The molecule has 1 fully saturated rings. The zero-order chi connectivity index (χ0) is 5.28. The van der Waals surface area contributed by atoms with Crippen molar-refractivity contribution in [3.63, 3.8) is 0 Å². The largest absolute Gasteiger partial charge is 0.327 e. The van der Waals surface area contributed by atoms with E-state index in [0.29, 0.717) is 0 Å². The van der Waals surface area contributed by atoms with Gasteiger partial charge in [0.15, 0.2) is 0 Å². The van der Waals surface area contributed by atoms with Gasteiger partial charge in [-0.1, -0.05) is 5.11 Å². The molecule has 1 aliphatic rings. The summed E-state index contributed by atoms with van der Waals surface area (Å²) in [6.07, 6.45) is 0.865. The summed E-state index contributed by atoms with van der Waals surface area (Å²) in [4.78, 5) is 2.59. The summed E-state index contributed by atoms with van der Waals surface area (Å²) in [5.41, 5.74) is 13.1. The van der Waals surface area contributed by atoms with Gasteiger partial charge in [-0.3, -0.25) is 0 Å². The number of hydrogen-bond donors (Lipinski definition) is 1. The van der Waals surface area contributed by atoms with Crippen molar-refractivity contribution in [3.05, 3.63) is 10.4 Å². The molecule has 1 unspecified atom stereocenters. The van der Waals surface area contributed by atoms with E-state index in [2.05, 4.69) is 10.0 Å². The maximum absolute atomic E-state index is 7.80. The summed E-state index contributed by atoms with van der Waals surface area (Å²) in [5.74, 6) is 0. The van der Waals surface area contributed by atoms with Crippen molar-refractivity contribution in [2.24, 2.45) is 10.8 Å². The maximum atomic E-state index is 7.80. The molecule has 0 radical (unpaired) electrons. The van der Waals surface area contributed by atoms with Crippen LogP contribution in [0.25, 0.3) is 10.4 Å². The molecule has 2 N–H and O–H groups in total. The zero-order valence-electron chi connectivity index (χ0n) is 3.78. The summed E-state index contributed by atoms with van der Waals surface area (Å²) in [5, 5.41) is 3.37. The molecule has 1 saturated carbocycles. The van der Waals surface area contributed by atoms with Gasteiger partial charge >= 0.3 is 0 Å². The second-order valence-electron chi connectivity index (χ2n) is 1.67. The molecule has 7 heavy (non-hydrogen) atoms. The number of azide groups is 1. The second-order valence-corrected chi connectivity index (χ2v) is 1.67. The van der Waals surface area contributed by atoms with Gasteiger partial charge in [0.05, 0.1) is 6.04 Å². The highest BCUT2D eigenvalue weighted by Gasteiger charge is 2.31. The first-order valence-corrected chi connectivity index (χ1v) is 2.14. The van der Waals surface area contributed by atoms with Crippen LogP contribution in [0.2, 0.25) is 0 Å². The van der Waals surface area contributed by atoms with Crippen LogP contribution in [-0.4, -0.2) is 12.1 Å². The first kappa shape index (κ1) is 4.43. The Kier molecular flexibility index (Phi) is 0.889. The van der Waals surface area contributed by atoms with E-state index in [1.807, 2.05) is 0 Å².